The van der Waals surface area contributed by atoms with Crippen molar-refractivity contribution in [1.82, 2.24) is 4.90 Å². The Bertz CT molecular complexity index is 512. The number of halogens is 1. The molecule has 0 radical (unpaired) electrons. The molecule has 0 aliphatic carbocycles. The highest BCUT2D eigenvalue weighted by atomic mass is 19.1. The van der Waals surface area contributed by atoms with Crippen LogP contribution in [0.25, 0.3) is 0 Å². The standard InChI is InChI=1S/C12H13FN2O4/c13-8-1-2-11(15(18)19)10(7-8)12(17)14-5-3-9(16)4-6-14/h1-2,7,9,16H,3-6H2. The van der Waals surface area contributed by atoms with Gasteiger partial charge < -0.3 is 10.0 Å². The predicted molar refractivity (Wildman–Crippen MR) is 64.2 cm³/mol. The highest BCUT2D eigenvalue weighted by molar-refractivity contribution is 5.98. The summed E-state index contributed by atoms with van der Waals surface area (Å²) in [5, 5.41) is 20.2. The van der Waals surface area contributed by atoms with E-state index in [0.717, 1.165) is 18.2 Å². The topological polar surface area (TPSA) is 83.7 Å². The lowest BCUT2D eigenvalue weighted by Crippen LogP contribution is -2.40. The molecule has 1 aliphatic heterocycles. The van der Waals surface area contributed by atoms with Crippen molar-refractivity contribution in [3.63, 3.8) is 0 Å². The lowest BCUT2D eigenvalue weighted by molar-refractivity contribution is -0.385. The van der Waals surface area contributed by atoms with E-state index in [1.165, 1.54) is 4.90 Å². The number of nitrogens with zero attached hydrogens (tertiary/aromatic N) is 2. The van der Waals surface area contributed by atoms with E-state index < -0.39 is 28.4 Å². The van der Waals surface area contributed by atoms with Gasteiger partial charge >= 0.3 is 0 Å². The van der Waals surface area contributed by atoms with Crippen molar-refractivity contribution in [3.8, 4) is 0 Å². The summed E-state index contributed by atoms with van der Waals surface area (Å²) in [5.74, 6) is -1.26. The number of hydrogen-bond donors (Lipinski definition) is 1. The molecule has 0 bridgehead atoms. The molecule has 0 unspecified atom stereocenters. The third-order valence-electron chi connectivity index (χ3n) is 3.14. The van der Waals surface area contributed by atoms with Gasteiger partial charge in [-0.25, -0.2) is 4.39 Å². The Balaban J connectivity index is 2.27. The van der Waals surface area contributed by atoms with Crippen LogP contribution in [-0.4, -0.2) is 40.0 Å². The molecule has 1 aromatic rings. The summed E-state index contributed by atoms with van der Waals surface area (Å²) < 4.78 is 13.2. The monoisotopic (exact) mass is 268 g/mol. The molecule has 1 N–H and O–H groups in total. The average Bonchev–Trinajstić information content (AvgIpc) is 2.38. The fourth-order valence-corrected chi connectivity index (χ4v) is 2.08. The fourth-order valence-electron chi connectivity index (χ4n) is 2.08. The molecule has 2 rings (SSSR count). The SMILES string of the molecule is O=C(c1cc(F)ccc1[N+](=O)[O-])N1CCC(O)CC1. The number of piperidine rings is 1. The van der Waals surface area contributed by atoms with Crippen molar-refractivity contribution < 1.29 is 19.2 Å². The van der Waals surface area contributed by atoms with Gasteiger partial charge in [0.05, 0.1) is 11.0 Å². The maximum Gasteiger partial charge on any atom is 0.282 e. The number of likely N-dealkylation sites (tertiary alicyclic amines) is 1. The third-order valence-corrected chi connectivity index (χ3v) is 3.14. The molecule has 1 amide bonds. The van der Waals surface area contributed by atoms with Gasteiger partial charge in [-0.15, -0.1) is 0 Å². The zero-order valence-corrected chi connectivity index (χ0v) is 10.1. The first-order valence-electron chi connectivity index (χ1n) is 5.90. The van der Waals surface area contributed by atoms with Crippen molar-refractivity contribution in [2.75, 3.05) is 13.1 Å². The molecule has 1 heterocycles. The lowest BCUT2D eigenvalue weighted by Gasteiger charge is -2.29. The first-order chi connectivity index (χ1) is 8.99. The molecule has 0 atom stereocenters. The van der Waals surface area contributed by atoms with Gasteiger partial charge in [-0.05, 0) is 25.0 Å². The molecule has 0 saturated carbocycles. The highest BCUT2D eigenvalue weighted by Crippen LogP contribution is 2.23. The number of nitro groups is 1. The van der Waals surface area contributed by atoms with Gasteiger partial charge in [-0.2, -0.15) is 0 Å². The molecule has 0 aromatic heterocycles. The minimum atomic E-state index is -0.703. The molecule has 1 fully saturated rings. The van der Waals surface area contributed by atoms with Crippen LogP contribution in [-0.2, 0) is 0 Å². The van der Waals surface area contributed by atoms with E-state index in [9.17, 15) is 24.4 Å². The van der Waals surface area contributed by atoms with E-state index in [1.807, 2.05) is 0 Å². The molecule has 1 aliphatic rings. The van der Waals surface area contributed by atoms with Crippen LogP contribution < -0.4 is 0 Å². The van der Waals surface area contributed by atoms with E-state index in [4.69, 9.17) is 0 Å². The van der Waals surface area contributed by atoms with Gasteiger partial charge in [0.25, 0.3) is 11.6 Å². The molecule has 1 saturated heterocycles. The second-order valence-electron chi connectivity index (χ2n) is 4.44. The van der Waals surface area contributed by atoms with E-state index in [2.05, 4.69) is 0 Å². The summed E-state index contributed by atoms with van der Waals surface area (Å²) in [4.78, 5) is 23.7. The third kappa shape index (κ3) is 2.87. The Hall–Kier alpha value is -2.02. The zero-order chi connectivity index (χ0) is 14.0. The Morgan fingerprint density at radius 3 is 2.63 bits per heavy atom. The van der Waals surface area contributed by atoms with Crippen LogP contribution in [0.15, 0.2) is 18.2 Å². The minimum Gasteiger partial charge on any atom is -0.393 e. The van der Waals surface area contributed by atoms with E-state index >= 15 is 0 Å². The fraction of sp³-hybridized carbons (Fsp3) is 0.417. The van der Waals surface area contributed by atoms with Gasteiger partial charge in [0, 0.05) is 19.2 Å². The Kier molecular flexibility index (Phi) is 3.75. The summed E-state index contributed by atoms with van der Waals surface area (Å²) in [5.41, 5.74) is -0.654. The van der Waals surface area contributed by atoms with Crippen molar-refractivity contribution in [3.05, 3.63) is 39.7 Å². The largest absolute Gasteiger partial charge is 0.393 e. The number of carbonyl (C=O) groups is 1. The highest BCUT2D eigenvalue weighted by Gasteiger charge is 2.28. The Morgan fingerprint density at radius 1 is 1.42 bits per heavy atom. The summed E-state index contributed by atoms with van der Waals surface area (Å²) in [6.07, 6.45) is 0.399. The van der Waals surface area contributed by atoms with Crippen LogP contribution in [0.3, 0.4) is 0 Å². The molecule has 6 nitrogen and oxygen atoms in total. The summed E-state index contributed by atoms with van der Waals surface area (Å²) in [6, 6.07) is 2.82. The smallest absolute Gasteiger partial charge is 0.282 e. The van der Waals surface area contributed by atoms with Crippen LogP contribution >= 0.6 is 0 Å². The normalized spacial score (nSPS) is 16.4. The second kappa shape index (κ2) is 5.31. The molecular weight excluding hydrogens is 255 g/mol. The number of aliphatic hydroxyl groups excluding tert-OH is 1. The van der Waals surface area contributed by atoms with Gasteiger partial charge in [0.2, 0.25) is 0 Å². The number of carbonyl (C=O) groups excluding carboxylic acids is 1. The summed E-state index contributed by atoms with van der Waals surface area (Å²) in [6.45, 7) is 0.626. The van der Waals surface area contributed by atoms with Crippen molar-refractivity contribution in [2.45, 2.75) is 18.9 Å². The average molecular weight is 268 g/mol. The van der Waals surface area contributed by atoms with E-state index in [1.54, 1.807) is 0 Å². The molecule has 1 aromatic carbocycles. The minimum absolute atomic E-state index is 0.249. The number of benzene rings is 1. The quantitative estimate of drug-likeness (QED) is 0.648. The van der Waals surface area contributed by atoms with Crippen LogP contribution in [0, 0.1) is 15.9 Å². The molecule has 19 heavy (non-hydrogen) atoms. The maximum absolute atomic E-state index is 13.2. The summed E-state index contributed by atoms with van der Waals surface area (Å²) in [7, 11) is 0. The van der Waals surface area contributed by atoms with Crippen LogP contribution in [0.4, 0.5) is 10.1 Å². The van der Waals surface area contributed by atoms with Crippen LogP contribution in [0.1, 0.15) is 23.2 Å². The number of nitro benzene ring substituents is 1. The van der Waals surface area contributed by atoms with Crippen molar-refractivity contribution >= 4 is 11.6 Å². The Labute approximate surface area is 108 Å². The van der Waals surface area contributed by atoms with Crippen molar-refractivity contribution in [2.24, 2.45) is 0 Å². The molecule has 7 heteroatoms. The van der Waals surface area contributed by atoms with Gasteiger partial charge in [-0.1, -0.05) is 0 Å². The van der Waals surface area contributed by atoms with Gasteiger partial charge in [-0.3, -0.25) is 14.9 Å². The van der Waals surface area contributed by atoms with E-state index in [-0.39, 0.29) is 5.56 Å². The van der Waals surface area contributed by atoms with Crippen LogP contribution in [0.5, 0.6) is 0 Å². The van der Waals surface area contributed by atoms with Gasteiger partial charge in [0.1, 0.15) is 11.4 Å². The number of amides is 1. The lowest BCUT2D eigenvalue weighted by atomic mass is 10.1. The molecule has 102 valence electrons. The predicted octanol–water partition coefficient (Wildman–Crippen LogP) is 1.33. The number of rotatable bonds is 2. The zero-order valence-electron chi connectivity index (χ0n) is 10.1. The first-order valence-corrected chi connectivity index (χ1v) is 5.90. The molecule has 0 spiro atoms. The van der Waals surface area contributed by atoms with Crippen LogP contribution in [0.2, 0.25) is 0 Å². The summed E-state index contributed by atoms with van der Waals surface area (Å²) >= 11 is 0. The number of aliphatic hydroxyl groups is 1. The first kappa shape index (κ1) is 13.4. The van der Waals surface area contributed by atoms with Crippen molar-refractivity contribution in [1.29, 1.82) is 0 Å². The second-order valence-corrected chi connectivity index (χ2v) is 4.44. The Morgan fingerprint density at radius 2 is 2.05 bits per heavy atom. The maximum atomic E-state index is 13.2. The van der Waals surface area contributed by atoms with E-state index in [0.29, 0.717) is 25.9 Å². The number of hydrogen-bond acceptors (Lipinski definition) is 4. The molecular formula is C12H13FN2O4. The van der Waals surface area contributed by atoms with Gasteiger partial charge in [0.15, 0.2) is 0 Å².